The van der Waals surface area contributed by atoms with Crippen LogP contribution in [-0.2, 0) is 19.5 Å². The maximum atomic E-state index is 12.1. The molecule has 3 aromatic rings. The number of fused-ring (bicyclic) bond motifs is 2. The second kappa shape index (κ2) is 5.95. The van der Waals surface area contributed by atoms with Crippen molar-refractivity contribution < 1.29 is 0 Å². The third kappa shape index (κ3) is 2.67. The summed E-state index contributed by atoms with van der Waals surface area (Å²) >= 11 is 1.48. The molecular weight excluding hydrogens is 324 g/mol. The van der Waals surface area contributed by atoms with E-state index < -0.39 is 0 Å². The van der Waals surface area contributed by atoms with Crippen molar-refractivity contribution in [2.75, 3.05) is 25.5 Å². The van der Waals surface area contributed by atoms with Crippen molar-refractivity contribution in [1.82, 2.24) is 24.3 Å². The standard InChI is InChI=1S/C16H18N6OS/c1-20(2)15-12-9-21(4-3-13(12)17-10-18-15)8-11-7-14(23)22-5-6-24-16(22)19-11/h5-7,10H,3-4,8-9H2,1-2H3. The van der Waals surface area contributed by atoms with Gasteiger partial charge in [-0.15, -0.1) is 11.3 Å². The molecule has 1 aliphatic rings. The zero-order valence-electron chi connectivity index (χ0n) is 13.6. The monoisotopic (exact) mass is 342 g/mol. The van der Waals surface area contributed by atoms with Crippen LogP contribution in [-0.4, -0.2) is 44.9 Å². The van der Waals surface area contributed by atoms with Gasteiger partial charge in [-0.3, -0.25) is 14.1 Å². The fourth-order valence-electron chi connectivity index (χ4n) is 3.10. The van der Waals surface area contributed by atoms with Gasteiger partial charge in [0.1, 0.15) is 12.1 Å². The Morgan fingerprint density at radius 3 is 3.04 bits per heavy atom. The van der Waals surface area contributed by atoms with E-state index in [1.54, 1.807) is 23.0 Å². The molecular formula is C16H18N6OS. The van der Waals surface area contributed by atoms with Crippen LogP contribution in [0.4, 0.5) is 5.82 Å². The van der Waals surface area contributed by atoms with Crippen LogP contribution in [0.1, 0.15) is 17.0 Å². The summed E-state index contributed by atoms with van der Waals surface area (Å²) in [5.41, 5.74) is 3.08. The Morgan fingerprint density at radius 2 is 2.21 bits per heavy atom. The molecule has 0 spiro atoms. The number of hydrogen-bond donors (Lipinski definition) is 0. The number of rotatable bonds is 3. The molecule has 0 saturated carbocycles. The molecule has 0 unspecified atom stereocenters. The topological polar surface area (TPSA) is 66.6 Å². The second-order valence-electron chi connectivity index (χ2n) is 6.12. The first-order valence-corrected chi connectivity index (χ1v) is 8.68. The van der Waals surface area contributed by atoms with Crippen molar-refractivity contribution >= 4 is 22.1 Å². The highest BCUT2D eigenvalue weighted by Gasteiger charge is 2.22. The lowest BCUT2D eigenvalue weighted by atomic mass is 10.1. The van der Waals surface area contributed by atoms with E-state index in [9.17, 15) is 4.79 Å². The fraction of sp³-hybridized carbons (Fsp3) is 0.375. The predicted molar refractivity (Wildman–Crippen MR) is 93.5 cm³/mol. The molecule has 0 amide bonds. The van der Waals surface area contributed by atoms with Crippen molar-refractivity contribution in [1.29, 1.82) is 0 Å². The molecule has 0 aliphatic carbocycles. The number of thiazole rings is 1. The van der Waals surface area contributed by atoms with E-state index in [0.717, 1.165) is 41.7 Å². The largest absolute Gasteiger partial charge is 0.362 e. The molecule has 0 fully saturated rings. The van der Waals surface area contributed by atoms with Crippen molar-refractivity contribution in [3.05, 3.63) is 51.3 Å². The van der Waals surface area contributed by atoms with Gasteiger partial charge in [0.05, 0.1) is 11.4 Å². The summed E-state index contributed by atoms with van der Waals surface area (Å²) in [6.07, 6.45) is 4.28. The van der Waals surface area contributed by atoms with Gasteiger partial charge in [-0.25, -0.2) is 15.0 Å². The molecule has 0 aromatic carbocycles. The Hall–Kier alpha value is -2.32. The molecule has 0 radical (unpaired) electrons. The Morgan fingerprint density at radius 1 is 1.33 bits per heavy atom. The average Bonchev–Trinajstić information content (AvgIpc) is 3.03. The van der Waals surface area contributed by atoms with Crippen molar-refractivity contribution in [2.45, 2.75) is 19.5 Å². The zero-order valence-corrected chi connectivity index (χ0v) is 14.5. The molecule has 8 heteroatoms. The SMILES string of the molecule is CN(C)c1ncnc2c1CN(Cc1cc(=O)n3ccsc3n1)CC2. The number of hydrogen-bond acceptors (Lipinski definition) is 7. The Kier molecular flexibility index (Phi) is 3.78. The summed E-state index contributed by atoms with van der Waals surface area (Å²) in [5.74, 6) is 0.964. The summed E-state index contributed by atoms with van der Waals surface area (Å²) in [4.78, 5) is 30.6. The summed E-state index contributed by atoms with van der Waals surface area (Å²) in [6, 6.07) is 1.63. The lowest BCUT2D eigenvalue weighted by Gasteiger charge is -2.30. The van der Waals surface area contributed by atoms with Gasteiger partial charge in [0.2, 0.25) is 0 Å². The third-order valence-corrected chi connectivity index (χ3v) is 4.98. The van der Waals surface area contributed by atoms with Gasteiger partial charge in [-0.1, -0.05) is 0 Å². The van der Waals surface area contributed by atoms with E-state index >= 15 is 0 Å². The molecule has 3 aromatic heterocycles. The number of nitrogens with zero attached hydrogens (tertiary/aromatic N) is 6. The van der Waals surface area contributed by atoms with Gasteiger partial charge < -0.3 is 4.90 Å². The minimum atomic E-state index is -0.0222. The van der Waals surface area contributed by atoms with E-state index in [1.165, 1.54) is 16.9 Å². The minimum Gasteiger partial charge on any atom is -0.362 e. The smallest absolute Gasteiger partial charge is 0.258 e. The van der Waals surface area contributed by atoms with Crippen molar-refractivity contribution in [3.8, 4) is 0 Å². The molecule has 0 bridgehead atoms. The van der Waals surface area contributed by atoms with E-state index in [1.807, 2.05) is 24.4 Å². The summed E-state index contributed by atoms with van der Waals surface area (Å²) < 4.78 is 1.58. The molecule has 124 valence electrons. The molecule has 4 heterocycles. The highest BCUT2D eigenvalue weighted by atomic mass is 32.1. The average molecular weight is 342 g/mol. The number of anilines is 1. The number of aromatic nitrogens is 4. The fourth-order valence-corrected chi connectivity index (χ4v) is 3.84. The van der Waals surface area contributed by atoms with Crippen LogP contribution >= 0.6 is 11.3 Å². The van der Waals surface area contributed by atoms with Crippen LogP contribution in [0.3, 0.4) is 0 Å². The van der Waals surface area contributed by atoms with Crippen molar-refractivity contribution in [3.63, 3.8) is 0 Å². The molecule has 0 N–H and O–H groups in total. The molecule has 0 saturated heterocycles. The maximum absolute atomic E-state index is 12.1. The van der Waals surface area contributed by atoms with Gasteiger partial charge in [0, 0.05) is 63.4 Å². The third-order valence-electron chi connectivity index (χ3n) is 4.22. The van der Waals surface area contributed by atoms with E-state index in [2.05, 4.69) is 19.9 Å². The van der Waals surface area contributed by atoms with E-state index in [4.69, 9.17) is 0 Å². The summed E-state index contributed by atoms with van der Waals surface area (Å²) in [5, 5.41) is 1.88. The molecule has 0 atom stereocenters. The van der Waals surface area contributed by atoms with Crippen molar-refractivity contribution in [2.24, 2.45) is 0 Å². The van der Waals surface area contributed by atoms with Crippen LogP contribution in [0, 0.1) is 0 Å². The maximum Gasteiger partial charge on any atom is 0.258 e. The van der Waals surface area contributed by atoms with Crippen LogP contribution in [0.15, 0.2) is 28.8 Å². The van der Waals surface area contributed by atoms with Gasteiger partial charge in [0.15, 0.2) is 4.96 Å². The van der Waals surface area contributed by atoms with Gasteiger partial charge in [-0.2, -0.15) is 0 Å². The van der Waals surface area contributed by atoms with Gasteiger partial charge in [-0.05, 0) is 0 Å². The highest BCUT2D eigenvalue weighted by molar-refractivity contribution is 7.15. The van der Waals surface area contributed by atoms with Crippen LogP contribution < -0.4 is 10.5 Å². The second-order valence-corrected chi connectivity index (χ2v) is 6.99. The van der Waals surface area contributed by atoms with Crippen LogP contribution in [0.5, 0.6) is 0 Å². The Bertz CT molecular complexity index is 947. The first-order valence-electron chi connectivity index (χ1n) is 7.80. The zero-order chi connectivity index (χ0) is 16.7. The lowest BCUT2D eigenvalue weighted by Crippen LogP contribution is -2.33. The van der Waals surface area contributed by atoms with Crippen LogP contribution in [0.2, 0.25) is 0 Å². The summed E-state index contributed by atoms with van der Waals surface area (Å²) in [7, 11) is 3.99. The van der Waals surface area contributed by atoms with Gasteiger partial charge >= 0.3 is 0 Å². The first-order chi connectivity index (χ1) is 11.6. The first kappa shape index (κ1) is 15.2. The Balaban J connectivity index is 1.61. The predicted octanol–water partition coefficient (Wildman–Crippen LogP) is 1.17. The van der Waals surface area contributed by atoms with E-state index in [-0.39, 0.29) is 5.56 Å². The lowest BCUT2D eigenvalue weighted by molar-refractivity contribution is 0.240. The highest BCUT2D eigenvalue weighted by Crippen LogP contribution is 2.25. The molecule has 24 heavy (non-hydrogen) atoms. The molecule has 7 nitrogen and oxygen atoms in total. The van der Waals surface area contributed by atoms with E-state index in [0.29, 0.717) is 6.54 Å². The van der Waals surface area contributed by atoms with Gasteiger partial charge in [0.25, 0.3) is 5.56 Å². The minimum absolute atomic E-state index is 0.0222. The van der Waals surface area contributed by atoms with Crippen LogP contribution in [0.25, 0.3) is 4.96 Å². The molecule has 1 aliphatic heterocycles. The quantitative estimate of drug-likeness (QED) is 0.712. The Labute approximate surface area is 143 Å². The summed E-state index contributed by atoms with van der Waals surface area (Å²) in [6.45, 7) is 2.34. The normalized spacial score (nSPS) is 14.8. The molecule has 4 rings (SSSR count).